The number of hydrogen-bond acceptors (Lipinski definition) is 7. The third-order valence-corrected chi connectivity index (χ3v) is 7.43. The minimum absolute atomic E-state index is 0.0396. The van der Waals surface area contributed by atoms with E-state index < -0.39 is 6.10 Å². The molecular formula is C28H44N4O4. The lowest BCUT2D eigenvalue weighted by atomic mass is 9.99. The number of fused-ring (bicyclic) bond motifs is 1. The standard InChI is InChI=1S/C28H44N4O4/c1-4-5-10-30-11-13-32(14-12-30)25-20-24(34-3)19-23-6-7-26(36-27(23)25)28(33)29-9-8-22(2)21-31-15-17-35-18-16-31/h8,19-20,26H,4-7,9-18,21H2,1-3H3,(H,29,33)/b22-8+. The van der Waals surface area contributed by atoms with Gasteiger partial charge in [0.2, 0.25) is 0 Å². The maximum absolute atomic E-state index is 13.0. The lowest BCUT2D eigenvalue weighted by molar-refractivity contribution is -0.128. The van der Waals surface area contributed by atoms with E-state index in [-0.39, 0.29) is 5.91 Å². The highest BCUT2D eigenvalue weighted by Crippen LogP contribution is 2.41. The number of ether oxygens (including phenoxy) is 3. The predicted octanol–water partition coefficient (Wildman–Crippen LogP) is 2.71. The number of carbonyl (C=O) groups is 1. The fourth-order valence-electron chi connectivity index (χ4n) is 5.20. The smallest absolute Gasteiger partial charge is 0.261 e. The highest BCUT2D eigenvalue weighted by atomic mass is 16.5. The Kier molecular flexibility index (Phi) is 9.90. The van der Waals surface area contributed by atoms with Crippen molar-refractivity contribution in [1.82, 2.24) is 15.1 Å². The Bertz CT molecular complexity index is 892. The third kappa shape index (κ3) is 7.14. The highest BCUT2D eigenvalue weighted by Gasteiger charge is 2.30. The number of methoxy groups -OCH3 is 1. The van der Waals surface area contributed by atoms with E-state index in [4.69, 9.17) is 14.2 Å². The van der Waals surface area contributed by atoms with Crippen molar-refractivity contribution < 1.29 is 19.0 Å². The van der Waals surface area contributed by atoms with E-state index in [1.165, 1.54) is 25.0 Å². The number of nitrogens with one attached hydrogen (secondary N) is 1. The number of nitrogens with zero attached hydrogens (tertiary/aromatic N) is 3. The average Bonchev–Trinajstić information content (AvgIpc) is 2.91. The summed E-state index contributed by atoms with van der Waals surface area (Å²) >= 11 is 0. The summed E-state index contributed by atoms with van der Waals surface area (Å²) in [5.41, 5.74) is 3.45. The minimum atomic E-state index is -0.469. The number of amides is 1. The average molecular weight is 501 g/mol. The van der Waals surface area contributed by atoms with Crippen LogP contribution >= 0.6 is 0 Å². The van der Waals surface area contributed by atoms with Crippen molar-refractivity contribution in [3.05, 3.63) is 29.3 Å². The van der Waals surface area contributed by atoms with Crippen LogP contribution in [0.5, 0.6) is 11.5 Å². The molecule has 1 aromatic rings. The Morgan fingerprint density at radius 3 is 2.64 bits per heavy atom. The molecular weight excluding hydrogens is 456 g/mol. The van der Waals surface area contributed by atoms with Gasteiger partial charge in [-0.2, -0.15) is 0 Å². The maximum atomic E-state index is 13.0. The molecule has 36 heavy (non-hydrogen) atoms. The Balaban J connectivity index is 1.35. The molecule has 0 saturated carbocycles. The first-order chi connectivity index (χ1) is 17.6. The van der Waals surface area contributed by atoms with Crippen molar-refractivity contribution in [2.75, 3.05) is 84.1 Å². The van der Waals surface area contributed by atoms with E-state index in [0.717, 1.165) is 88.2 Å². The second-order valence-electron chi connectivity index (χ2n) is 10.1. The van der Waals surface area contributed by atoms with Gasteiger partial charge in [0.15, 0.2) is 6.10 Å². The molecule has 1 atom stereocenters. The molecule has 200 valence electrons. The number of anilines is 1. The first-order valence-electron chi connectivity index (χ1n) is 13.7. The molecule has 1 unspecified atom stereocenters. The molecule has 3 aliphatic rings. The number of aryl methyl sites for hydroxylation is 1. The zero-order chi connectivity index (χ0) is 25.3. The molecule has 3 heterocycles. The second kappa shape index (κ2) is 13.3. The molecule has 0 bridgehead atoms. The lowest BCUT2D eigenvalue weighted by Gasteiger charge is -2.38. The first-order valence-corrected chi connectivity index (χ1v) is 13.7. The van der Waals surface area contributed by atoms with Crippen LogP contribution < -0.4 is 19.7 Å². The Morgan fingerprint density at radius 2 is 1.92 bits per heavy atom. The summed E-state index contributed by atoms with van der Waals surface area (Å²) in [6.45, 7) is 14.5. The predicted molar refractivity (Wildman–Crippen MR) is 143 cm³/mol. The fraction of sp³-hybridized carbons (Fsp3) is 0.679. The summed E-state index contributed by atoms with van der Waals surface area (Å²) in [6, 6.07) is 4.13. The van der Waals surface area contributed by atoms with Gasteiger partial charge in [-0.15, -0.1) is 0 Å². The van der Waals surface area contributed by atoms with Crippen LogP contribution in [-0.2, 0) is 16.0 Å². The van der Waals surface area contributed by atoms with Gasteiger partial charge in [0.25, 0.3) is 5.91 Å². The molecule has 0 radical (unpaired) electrons. The van der Waals surface area contributed by atoms with E-state index in [2.05, 4.69) is 52.1 Å². The largest absolute Gasteiger partial charge is 0.497 e. The number of benzene rings is 1. The van der Waals surface area contributed by atoms with Gasteiger partial charge in [0.1, 0.15) is 11.5 Å². The summed E-state index contributed by atoms with van der Waals surface area (Å²) in [7, 11) is 1.71. The Hall–Kier alpha value is -2.29. The maximum Gasteiger partial charge on any atom is 0.261 e. The van der Waals surface area contributed by atoms with Crippen LogP contribution in [0, 0.1) is 0 Å². The molecule has 8 heteroatoms. The summed E-state index contributed by atoms with van der Waals surface area (Å²) in [4.78, 5) is 20.3. The molecule has 0 aromatic heterocycles. The molecule has 3 aliphatic heterocycles. The second-order valence-corrected chi connectivity index (χ2v) is 10.1. The topological polar surface area (TPSA) is 66.5 Å². The number of unbranched alkanes of at least 4 members (excludes halogenated alkanes) is 1. The third-order valence-electron chi connectivity index (χ3n) is 7.43. The quantitative estimate of drug-likeness (QED) is 0.496. The zero-order valence-corrected chi connectivity index (χ0v) is 22.4. The van der Waals surface area contributed by atoms with Crippen LogP contribution in [0.2, 0.25) is 0 Å². The number of rotatable bonds is 10. The van der Waals surface area contributed by atoms with Crippen molar-refractivity contribution in [3.8, 4) is 11.5 Å². The van der Waals surface area contributed by atoms with E-state index in [1.54, 1.807) is 7.11 Å². The molecule has 1 N–H and O–H groups in total. The number of carbonyl (C=O) groups excluding carboxylic acids is 1. The lowest BCUT2D eigenvalue weighted by Crippen LogP contribution is -2.47. The van der Waals surface area contributed by atoms with E-state index in [0.29, 0.717) is 13.0 Å². The highest BCUT2D eigenvalue weighted by molar-refractivity contribution is 5.82. The Morgan fingerprint density at radius 1 is 1.14 bits per heavy atom. The van der Waals surface area contributed by atoms with Gasteiger partial charge in [-0.1, -0.05) is 25.0 Å². The number of hydrogen-bond donors (Lipinski definition) is 1. The van der Waals surface area contributed by atoms with Crippen LogP contribution in [0.3, 0.4) is 0 Å². The van der Waals surface area contributed by atoms with Gasteiger partial charge in [-0.3, -0.25) is 14.6 Å². The van der Waals surface area contributed by atoms with Crippen molar-refractivity contribution >= 4 is 11.6 Å². The van der Waals surface area contributed by atoms with E-state index in [1.807, 2.05) is 0 Å². The van der Waals surface area contributed by atoms with Gasteiger partial charge >= 0.3 is 0 Å². The van der Waals surface area contributed by atoms with Crippen molar-refractivity contribution in [2.24, 2.45) is 0 Å². The molecule has 1 amide bonds. The van der Waals surface area contributed by atoms with Crippen LogP contribution in [0.15, 0.2) is 23.8 Å². The van der Waals surface area contributed by atoms with Gasteiger partial charge in [-0.25, -0.2) is 0 Å². The molecule has 0 spiro atoms. The van der Waals surface area contributed by atoms with Gasteiger partial charge in [-0.05, 0) is 38.8 Å². The molecule has 0 aliphatic carbocycles. The summed E-state index contributed by atoms with van der Waals surface area (Å²) in [5, 5.41) is 3.07. The fourth-order valence-corrected chi connectivity index (χ4v) is 5.20. The van der Waals surface area contributed by atoms with Crippen LogP contribution in [0.1, 0.15) is 38.7 Å². The van der Waals surface area contributed by atoms with Crippen LogP contribution in [0.4, 0.5) is 5.69 Å². The van der Waals surface area contributed by atoms with Crippen LogP contribution in [0.25, 0.3) is 0 Å². The van der Waals surface area contributed by atoms with E-state index in [9.17, 15) is 4.79 Å². The first kappa shape index (κ1) is 26.8. The van der Waals surface area contributed by atoms with Crippen molar-refractivity contribution in [3.63, 3.8) is 0 Å². The van der Waals surface area contributed by atoms with E-state index >= 15 is 0 Å². The normalized spacial score (nSPS) is 21.6. The summed E-state index contributed by atoms with van der Waals surface area (Å²) in [6.07, 6.45) is 5.59. The molecule has 2 fully saturated rings. The van der Waals surface area contributed by atoms with Crippen molar-refractivity contribution in [2.45, 2.75) is 45.6 Å². The Labute approximate surface area is 216 Å². The molecule has 8 nitrogen and oxygen atoms in total. The number of morpholine rings is 1. The van der Waals surface area contributed by atoms with Gasteiger partial charge in [0.05, 0.1) is 26.0 Å². The summed E-state index contributed by atoms with van der Waals surface area (Å²) < 4.78 is 17.4. The molecule has 1 aromatic carbocycles. The monoisotopic (exact) mass is 500 g/mol. The molecule has 2 saturated heterocycles. The minimum Gasteiger partial charge on any atom is -0.497 e. The van der Waals surface area contributed by atoms with Gasteiger partial charge in [0, 0.05) is 64.0 Å². The molecule has 4 rings (SSSR count). The zero-order valence-electron chi connectivity index (χ0n) is 22.4. The number of piperazine rings is 1. The van der Waals surface area contributed by atoms with Gasteiger partial charge < -0.3 is 24.4 Å². The van der Waals surface area contributed by atoms with Crippen LogP contribution in [-0.4, -0.2) is 101 Å². The summed E-state index contributed by atoms with van der Waals surface area (Å²) in [5.74, 6) is 1.66. The van der Waals surface area contributed by atoms with Crippen molar-refractivity contribution in [1.29, 1.82) is 0 Å². The SMILES string of the molecule is CCCCN1CCN(c2cc(OC)cc3c2OC(C(=O)NC/C=C(\C)CN2CCOCC2)CC3)CC1.